The van der Waals surface area contributed by atoms with E-state index < -0.39 is 6.10 Å². The molecule has 3 rings (SSSR count). The average molecular weight is 264 g/mol. The number of hydrogen-bond acceptors (Lipinski definition) is 3. The van der Waals surface area contributed by atoms with E-state index in [0.717, 1.165) is 35.2 Å². The topological polar surface area (TPSA) is 46.0 Å². The van der Waals surface area contributed by atoms with Gasteiger partial charge in [-0.15, -0.1) is 0 Å². The minimum atomic E-state index is -0.503. The minimum absolute atomic E-state index is 0.503. The summed E-state index contributed by atoms with van der Waals surface area (Å²) in [7, 11) is 0. The van der Waals surface area contributed by atoms with E-state index in [-0.39, 0.29) is 0 Å². The Hall–Kier alpha value is -2.26. The molecular weight excluding hydrogens is 248 g/mol. The second kappa shape index (κ2) is 5.80. The van der Waals surface area contributed by atoms with Crippen molar-refractivity contribution in [3.8, 4) is 0 Å². The van der Waals surface area contributed by atoms with Gasteiger partial charge in [-0.2, -0.15) is 0 Å². The van der Waals surface area contributed by atoms with Crippen molar-refractivity contribution in [2.75, 3.05) is 0 Å². The van der Waals surface area contributed by atoms with Crippen LogP contribution >= 0.6 is 0 Å². The van der Waals surface area contributed by atoms with Gasteiger partial charge >= 0.3 is 0 Å². The lowest BCUT2D eigenvalue weighted by molar-refractivity contribution is 0.257. The lowest BCUT2D eigenvalue weighted by Crippen LogP contribution is -2.05. The molecule has 0 saturated heterocycles. The molecule has 20 heavy (non-hydrogen) atoms. The number of aromatic nitrogens is 2. The quantitative estimate of drug-likeness (QED) is 0.906. The lowest BCUT2D eigenvalue weighted by atomic mass is 10.1. The van der Waals surface area contributed by atoms with Gasteiger partial charge in [0.1, 0.15) is 0 Å². The Morgan fingerprint density at radius 1 is 1.00 bits per heavy atom. The molecule has 2 aromatic rings. The molecular formula is C17H16N2O. The van der Waals surface area contributed by atoms with E-state index in [1.165, 1.54) is 0 Å². The number of aliphatic hydroxyl groups excluding tert-OH is 1. The molecule has 0 aromatic carbocycles. The molecule has 3 heteroatoms. The second-order valence-corrected chi connectivity index (χ2v) is 4.88. The summed E-state index contributed by atoms with van der Waals surface area (Å²) in [6.45, 7) is 0. The van der Waals surface area contributed by atoms with E-state index in [2.05, 4.69) is 9.97 Å². The highest BCUT2D eigenvalue weighted by Crippen LogP contribution is 2.32. The molecule has 3 nitrogen and oxygen atoms in total. The lowest BCUT2D eigenvalue weighted by Gasteiger charge is -2.06. The fourth-order valence-electron chi connectivity index (χ4n) is 2.43. The summed E-state index contributed by atoms with van der Waals surface area (Å²) in [6, 6.07) is 9.68. The molecule has 1 saturated carbocycles. The first kappa shape index (κ1) is 12.8. The van der Waals surface area contributed by atoms with Crippen molar-refractivity contribution in [3.63, 3.8) is 0 Å². The van der Waals surface area contributed by atoms with Gasteiger partial charge in [-0.3, -0.25) is 9.97 Å². The number of hydrogen-bond donors (Lipinski definition) is 1. The van der Waals surface area contributed by atoms with Crippen LogP contribution in [0.25, 0.3) is 12.2 Å². The number of pyridine rings is 2. The van der Waals surface area contributed by atoms with Gasteiger partial charge in [-0.1, -0.05) is 18.2 Å². The van der Waals surface area contributed by atoms with Gasteiger partial charge in [0, 0.05) is 18.6 Å². The van der Waals surface area contributed by atoms with E-state index in [1.807, 2.05) is 42.5 Å². The van der Waals surface area contributed by atoms with Crippen molar-refractivity contribution in [1.82, 2.24) is 9.97 Å². The van der Waals surface area contributed by atoms with E-state index in [9.17, 15) is 5.11 Å². The van der Waals surface area contributed by atoms with Crippen LogP contribution in [-0.2, 0) is 0 Å². The van der Waals surface area contributed by atoms with Crippen LogP contribution in [0.5, 0.6) is 0 Å². The Kier molecular flexibility index (Phi) is 3.70. The molecule has 1 fully saturated rings. The van der Waals surface area contributed by atoms with Gasteiger partial charge < -0.3 is 5.11 Å². The van der Waals surface area contributed by atoms with Gasteiger partial charge in [0.05, 0.1) is 11.8 Å². The van der Waals surface area contributed by atoms with Crippen molar-refractivity contribution in [3.05, 3.63) is 71.3 Å². The molecule has 1 aliphatic rings. The van der Waals surface area contributed by atoms with Crippen LogP contribution in [-0.4, -0.2) is 21.2 Å². The highest BCUT2D eigenvalue weighted by molar-refractivity contribution is 5.60. The zero-order valence-electron chi connectivity index (χ0n) is 11.1. The summed E-state index contributed by atoms with van der Waals surface area (Å²) < 4.78 is 0. The third kappa shape index (κ3) is 2.83. The maximum Gasteiger partial charge on any atom is 0.0968 e. The fourth-order valence-corrected chi connectivity index (χ4v) is 2.43. The van der Waals surface area contributed by atoms with Crippen LogP contribution < -0.4 is 0 Å². The van der Waals surface area contributed by atoms with Crippen molar-refractivity contribution in [2.24, 2.45) is 0 Å². The molecule has 1 N–H and O–H groups in total. The molecule has 0 aliphatic heterocycles. The van der Waals surface area contributed by atoms with Gasteiger partial charge in [0.2, 0.25) is 0 Å². The second-order valence-electron chi connectivity index (χ2n) is 4.88. The highest BCUT2D eigenvalue weighted by atomic mass is 16.3. The Bertz CT molecular complexity index is 575. The fraction of sp³-hybridized carbons (Fsp3) is 0.176. The minimum Gasteiger partial charge on any atom is -0.384 e. The standard InChI is InChI=1S/C17H16N2O/c20-17-14(10-13-4-3-8-18-12-13)6-7-15(17)11-16-5-1-2-9-19-16/h1-5,8-12,17,20H,6-7H2/b14-10+,15-11+. The Labute approximate surface area is 118 Å². The Morgan fingerprint density at radius 3 is 2.55 bits per heavy atom. The summed E-state index contributed by atoms with van der Waals surface area (Å²) >= 11 is 0. The van der Waals surface area contributed by atoms with E-state index in [4.69, 9.17) is 0 Å². The number of nitrogens with zero attached hydrogens (tertiary/aromatic N) is 2. The first-order valence-corrected chi connectivity index (χ1v) is 6.73. The van der Waals surface area contributed by atoms with Crippen molar-refractivity contribution in [2.45, 2.75) is 18.9 Å². The van der Waals surface area contributed by atoms with Crippen LogP contribution in [0.4, 0.5) is 0 Å². The summed E-state index contributed by atoms with van der Waals surface area (Å²) in [5.41, 5.74) is 3.99. The van der Waals surface area contributed by atoms with E-state index in [1.54, 1.807) is 18.6 Å². The molecule has 2 heterocycles. The predicted octanol–water partition coefficient (Wildman–Crippen LogP) is 3.10. The summed E-state index contributed by atoms with van der Waals surface area (Å²) in [5, 5.41) is 10.4. The Balaban J connectivity index is 1.83. The third-order valence-corrected chi connectivity index (χ3v) is 3.46. The largest absolute Gasteiger partial charge is 0.384 e. The van der Waals surface area contributed by atoms with Gasteiger partial charge in [0.25, 0.3) is 0 Å². The zero-order chi connectivity index (χ0) is 13.8. The normalized spacial score (nSPS) is 22.6. The van der Waals surface area contributed by atoms with Crippen LogP contribution in [0.3, 0.4) is 0 Å². The predicted molar refractivity (Wildman–Crippen MR) is 79.7 cm³/mol. The molecule has 100 valence electrons. The molecule has 0 amide bonds. The van der Waals surface area contributed by atoms with Gasteiger partial charge in [-0.25, -0.2) is 0 Å². The van der Waals surface area contributed by atoms with Crippen LogP contribution in [0.2, 0.25) is 0 Å². The summed E-state index contributed by atoms with van der Waals surface area (Å²) in [6.07, 6.45) is 10.6. The van der Waals surface area contributed by atoms with Crippen molar-refractivity contribution >= 4 is 12.2 Å². The SMILES string of the molecule is OC1/C(=C/c2cccnc2)CC/C1=C\c1ccccn1. The molecule has 1 aliphatic carbocycles. The van der Waals surface area contributed by atoms with Gasteiger partial charge in [-0.05, 0) is 53.8 Å². The van der Waals surface area contributed by atoms with Gasteiger partial charge in [0.15, 0.2) is 0 Å². The molecule has 1 unspecified atom stereocenters. The highest BCUT2D eigenvalue weighted by Gasteiger charge is 2.23. The smallest absolute Gasteiger partial charge is 0.0968 e. The van der Waals surface area contributed by atoms with Crippen molar-refractivity contribution < 1.29 is 5.11 Å². The van der Waals surface area contributed by atoms with Crippen molar-refractivity contribution in [1.29, 1.82) is 0 Å². The van der Waals surface area contributed by atoms with Crippen LogP contribution in [0.15, 0.2) is 60.1 Å². The van der Waals surface area contributed by atoms with Crippen LogP contribution in [0, 0.1) is 0 Å². The van der Waals surface area contributed by atoms with E-state index >= 15 is 0 Å². The average Bonchev–Trinajstić information content (AvgIpc) is 2.83. The molecule has 0 spiro atoms. The zero-order valence-corrected chi connectivity index (χ0v) is 11.1. The summed E-state index contributed by atoms with van der Waals surface area (Å²) in [4.78, 5) is 8.36. The first-order chi connectivity index (χ1) is 9.83. The number of aliphatic hydroxyl groups is 1. The maximum absolute atomic E-state index is 10.4. The van der Waals surface area contributed by atoms with E-state index in [0.29, 0.717) is 0 Å². The molecule has 1 atom stereocenters. The molecule has 0 bridgehead atoms. The Morgan fingerprint density at radius 2 is 1.85 bits per heavy atom. The monoisotopic (exact) mass is 264 g/mol. The molecule has 2 aromatic heterocycles. The number of rotatable bonds is 2. The first-order valence-electron chi connectivity index (χ1n) is 6.73. The molecule has 0 radical (unpaired) electrons. The summed E-state index contributed by atoms with van der Waals surface area (Å²) in [5.74, 6) is 0. The maximum atomic E-state index is 10.4. The van der Waals surface area contributed by atoms with Crippen LogP contribution in [0.1, 0.15) is 24.1 Å². The third-order valence-electron chi connectivity index (χ3n) is 3.46.